The maximum Gasteiger partial charge on any atom is 0.408 e. The van der Waals surface area contributed by atoms with Crippen molar-refractivity contribution in [3.8, 4) is 0 Å². The minimum atomic E-state index is -0.918. The fourth-order valence-electron chi connectivity index (χ4n) is 2.27. The van der Waals surface area contributed by atoms with Gasteiger partial charge in [0, 0.05) is 18.5 Å². The van der Waals surface area contributed by atoms with Crippen molar-refractivity contribution in [3.63, 3.8) is 0 Å². The third kappa shape index (κ3) is 7.46. The van der Waals surface area contributed by atoms with E-state index in [0.717, 1.165) is 5.56 Å². The number of likely N-dealkylation sites (N-methyl/N-ethyl adjacent to an activating group) is 1. The van der Waals surface area contributed by atoms with Crippen molar-refractivity contribution in [2.24, 2.45) is 0 Å². The van der Waals surface area contributed by atoms with E-state index < -0.39 is 35.7 Å². The topological polar surface area (TPSA) is 84.9 Å². The summed E-state index contributed by atoms with van der Waals surface area (Å²) in [6, 6.07) is 5.22. The van der Waals surface area contributed by atoms with Crippen LogP contribution in [-0.4, -0.2) is 54.7 Å². The van der Waals surface area contributed by atoms with Crippen LogP contribution in [0.15, 0.2) is 24.3 Å². The highest BCUT2D eigenvalue weighted by Gasteiger charge is 2.31. The Balaban J connectivity index is 3.01. The first-order valence-corrected chi connectivity index (χ1v) is 8.91. The van der Waals surface area contributed by atoms with Gasteiger partial charge < -0.3 is 19.7 Å². The van der Waals surface area contributed by atoms with Gasteiger partial charge in [0.15, 0.2) is 0 Å². The maximum absolute atomic E-state index is 12.9. The quantitative estimate of drug-likeness (QED) is 0.745. The Morgan fingerprint density at radius 1 is 1.19 bits per heavy atom. The Bertz CT molecular complexity index is 670. The van der Waals surface area contributed by atoms with Gasteiger partial charge in [0.25, 0.3) is 0 Å². The molecule has 0 radical (unpaired) electrons. The summed E-state index contributed by atoms with van der Waals surface area (Å²) >= 11 is 5.89. The van der Waals surface area contributed by atoms with Crippen LogP contribution < -0.4 is 5.32 Å². The van der Waals surface area contributed by atoms with E-state index in [-0.39, 0.29) is 6.42 Å². The first kappa shape index (κ1) is 22.8. The first-order valence-electron chi connectivity index (χ1n) is 8.53. The molecule has 0 bridgehead atoms. The van der Waals surface area contributed by atoms with Crippen molar-refractivity contribution in [2.45, 2.75) is 51.8 Å². The molecule has 0 spiro atoms. The smallest absolute Gasteiger partial charge is 0.408 e. The number of rotatable bonds is 6. The summed E-state index contributed by atoms with van der Waals surface area (Å²) in [6.07, 6.45) is -0.498. The van der Waals surface area contributed by atoms with E-state index in [0.29, 0.717) is 5.02 Å². The normalized spacial score (nSPS) is 13.3. The molecule has 1 rings (SSSR count). The summed E-state index contributed by atoms with van der Waals surface area (Å²) in [5, 5.41) is 3.16. The molecule has 2 unspecified atom stereocenters. The van der Waals surface area contributed by atoms with Crippen molar-refractivity contribution in [3.05, 3.63) is 34.9 Å². The number of esters is 1. The first-order chi connectivity index (χ1) is 12.4. The molecule has 0 aromatic heterocycles. The standard InChI is InChI=1S/C19H27ClN2O5/c1-12(17(24)26-6)22(5)16(23)15(21-18(25)27-19(2,3)4)11-13-7-9-14(20)10-8-13/h7-10,12,15H,11H2,1-6H3,(H,21,25). The van der Waals surface area contributed by atoms with Gasteiger partial charge >= 0.3 is 12.1 Å². The maximum atomic E-state index is 12.9. The van der Waals surface area contributed by atoms with Crippen LogP contribution in [0.4, 0.5) is 4.79 Å². The van der Waals surface area contributed by atoms with Crippen molar-refractivity contribution in [1.29, 1.82) is 0 Å². The summed E-state index contributed by atoms with van der Waals surface area (Å²) in [6.45, 7) is 6.74. The second kappa shape index (κ2) is 9.60. The van der Waals surface area contributed by atoms with Crippen LogP contribution in [-0.2, 0) is 25.5 Å². The lowest BCUT2D eigenvalue weighted by atomic mass is 10.0. The number of carbonyl (C=O) groups excluding carboxylic acids is 3. The number of nitrogens with zero attached hydrogens (tertiary/aromatic N) is 1. The van der Waals surface area contributed by atoms with Crippen LogP contribution in [0.1, 0.15) is 33.3 Å². The number of ether oxygens (including phenoxy) is 2. The van der Waals surface area contributed by atoms with Gasteiger partial charge in [0.05, 0.1) is 7.11 Å². The molecule has 0 saturated carbocycles. The number of hydrogen-bond donors (Lipinski definition) is 1. The molecule has 7 nitrogen and oxygen atoms in total. The van der Waals surface area contributed by atoms with Gasteiger partial charge in [-0.15, -0.1) is 0 Å². The summed E-state index contributed by atoms with van der Waals surface area (Å²) in [5.74, 6) is -0.984. The molecular weight excluding hydrogens is 372 g/mol. The van der Waals surface area contributed by atoms with Crippen molar-refractivity contribution in [2.75, 3.05) is 14.2 Å². The number of carbonyl (C=O) groups is 3. The lowest BCUT2D eigenvalue weighted by Crippen LogP contribution is -2.53. The zero-order chi connectivity index (χ0) is 20.8. The van der Waals surface area contributed by atoms with E-state index >= 15 is 0 Å². The molecule has 27 heavy (non-hydrogen) atoms. The van der Waals surface area contributed by atoms with Crippen LogP contribution in [0.25, 0.3) is 0 Å². The minimum Gasteiger partial charge on any atom is -0.467 e. The molecule has 0 saturated heterocycles. The van der Waals surface area contributed by atoms with E-state index in [1.165, 1.54) is 19.1 Å². The third-order valence-corrected chi connectivity index (χ3v) is 4.06. The van der Waals surface area contributed by atoms with E-state index in [9.17, 15) is 14.4 Å². The van der Waals surface area contributed by atoms with Crippen LogP contribution in [0.3, 0.4) is 0 Å². The van der Waals surface area contributed by atoms with E-state index in [1.54, 1.807) is 52.0 Å². The van der Waals surface area contributed by atoms with Gasteiger partial charge in [0.1, 0.15) is 17.7 Å². The number of halogens is 1. The molecule has 150 valence electrons. The molecule has 0 aliphatic rings. The molecule has 0 aliphatic heterocycles. The number of amides is 2. The molecule has 2 atom stereocenters. The monoisotopic (exact) mass is 398 g/mol. The Morgan fingerprint density at radius 3 is 2.22 bits per heavy atom. The molecule has 1 aromatic carbocycles. The fraction of sp³-hybridized carbons (Fsp3) is 0.526. The number of benzene rings is 1. The SMILES string of the molecule is COC(=O)C(C)N(C)C(=O)C(Cc1ccc(Cl)cc1)NC(=O)OC(C)(C)C. The van der Waals surface area contributed by atoms with Crippen molar-refractivity contribution < 1.29 is 23.9 Å². The van der Waals surface area contributed by atoms with Crippen LogP contribution >= 0.6 is 11.6 Å². The molecule has 2 amide bonds. The lowest BCUT2D eigenvalue weighted by molar-refractivity contribution is -0.151. The zero-order valence-electron chi connectivity index (χ0n) is 16.5. The Labute approximate surface area is 165 Å². The molecular formula is C19H27ClN2O5. The molecule has 0 fully saturated rings. The molecule has 1 aromatic rings. The Morgan fingerprint density at radius 2 is 1.74 bits per heavy atom. The van der Waals surface area contributed by atoms with Crippen LogP contribution in [0.2, 0.25) is 5.02 Å². The van der Waals surface area contributed by atoms with E-state index in [2.05, 4.69) is 10.1 Å². The number of nitrogens with one attached hydrogen (secondary N) is 1. The second-order valence-corrected chi connectivity index (χ2v) is 7.61. The van der Waals surface area contributed by atoms with E-state index in [4.69, 9.17) is 16.3 Å². The number of methoxy groups -OCH3 is 1. The Kier molecular flexibility index (Phi) is 8.09. The summed E-state index contributed by atoms with van der Waals surface area (Å²) in [7, 11) is 2.73. The molecule has 0 heterocycles. The van der Waals surface area contributed by atoms with Gasteiger partial charge in [-0.1, -0.05) is 23.7 Å². The summed E-state index contributed by atoms with van der Waals surface area (Å²) in [4.78, 5) is 38.1. The zero-order valence-corrected chi connectivity index (χ0v) is 17.3. The summed E-state index contributed by atoms with van der Waals surface area (Å²) in [5.41, 5.74) is 0.0938. The van der Waals surface area contributed by atoms with Gasteiger partial charge in [-0.25, -0.2) is 9.59 Å². The predicted octanol–water partition coefficient (Wildman–Crippen LogP) is 2.80. The fourth-order valence-corrected chi connectivity index (χ4v) is 2.40. The van der Waals surface area contributed by atoms with Crippen LogP contribution in [0, 0.1) is 0 Å². The number of alkyl carbamates (subject to hydrolysis) is 1. The van der Waals surface area contributed by atoms with Gasteiger partial charge in [0.2, 0.25) is 5.91 Å². The molecule has 8 heteroatoms. The largest absolute Gasteiger partial charge is 0.467 e. The van der Waals surface area contributed by atoms with E-state index in [1.807, 2.05) is 0 Å². The van der Waals surface area contributed by atoms with Crippen LogP contribution in [0.5, 0.6) is 0 Å². The van der Waals surface area contributed by atoms with Gasteiger partial charge in [-0.3, -0.25) is 4.79 Å². The predicted molar refractivity (Wildman–Crippen MR) is 103 cm³/mol. The number of hydrogen-bond acceptors (Lipinski definition) is 5. The van der Waals surface area contributed by atoms with Crippen molar-refractivity contribution in [1.82, 2.24) is 10.2 Å². The minimum absolute atomic E-state index is 0.216. The highest BCUT2D eigenvalue weighted by Crippen LogP contribution is 2.14. The summed E-state index contributed by atoms with van der Waals surface area (Å²) < 4.78 is 9.93. The highest BCUT2D eigenvalue weighted by atomic mass is 35.5. The molecule has 1 N–H and O–H groups in total. The highest BCUT2D eigenvalue weighted by molar-refractivity contribution is 6.30. The average Bonchev–Trinajstić information content (AvgIpc) is 2.58. The van der Waals surface area contributed by atoms with Gasteiger partial charge in [-0.2, -0.15) is 0 Å². The Hall–Kier alpha value is -2.28. The van der Waals surface area contributed by atoms with Gasteiger partial charge in [-0.05, 0) is 45.4 Å². The third-order valence-electron chi connectivity index (χ3n) is 3.81. The average molecular weight is 399 g/mol. The molecule has 0 aliphatic carbocycles. The lowest BCUT2D eigenvalue weighted by Gasteiger charge is -2.29. The second-order valence-electron chi connectivity index (χ2n) is 7.18. The van der Waals surface area contributed by atoms with Crippen molar-refractivity contribution >= 4 is 29.6 Å².